The van der Waals surface area contributed by atoms with Gasteiger partial charge in [0.25, 0.3) is 0 Å². The maximum Gasteiger partial charge on any atom is 0.220 e. The largest absolute Gasteiger partial charge is 0.346 e. The number of rotatable bonds is 9. The number of amides is 1. The molecule has 0 radical (unpaired) electrons. The number of nitrogens with two attached hydrogens (primary N) is 1. The first-order valence-corrected chi connectivity index (χ1v) is 8.56. The van der Waals surface area contributed by atoms with Crippen molar-refractivity contribution < 1.29 is 4.79 Å². The predicted molar refractivity (Wildman–Crippen MR) is 94.0 cm³/mol. The molecule has 0 aliphatic rings. The maximum atomic E-state index is 12.2. The minimum atomic E-state index is -0.0843. The highest BCUT2D eigenvalue weighted by Gasteiger charge is 2.21. The van der Waals surface area contributed by atoms with Crippen LogP contribution in [0.25, 0.3) is 11.0 Å². The summed E-state index contributed by atoms with van der Waals surface area (Å²) in [5.74, 6) is 1.20. The highest BCUT2D eigenvalue weighted by molar-refractivity contribution is 5.77. The van der Waals surface area contributed by atoms with Gasteiger partial charge in [-0.05, 0) is 37.4 Å². The molecule has 0 aliphatic heterocycles. The van der Waals surface area contributed by atoms with Gasteiger partial charge in [-0.1, -0.05) is 38.8 Å². The molecule has 0 saturated carbocycles. The number of aromatic nitrogens is 2. The van der Waals surface area contributed by atoms with E-state index in [0.717, 1.165) is 49.1 Å². The number of hydrogen-bond acceptors (Lipinski definition) is 3. The second-order valence-electron chi connectivity index (χ2n) is 6.38. The van der Waals surface area contributed by atoms with Crippen LogP contribution >= 0.6 is 0 Å². The number of para-hydroxylation sites is 2. The summed E-state index contributed by atoms with van der Waals surface area (Å²) in [5, 5.41) is 3.13. The fraction of sp³-hybridized carbons (Fsp3) is 0.556. The van der Waals surface area contributed by atoms with Crippen molar-refractivity contribution in [1.82, 2.24) is 15.3 Å². The summed E-state index contributed by atoms with van der Waals surface area (Å²) in [6.07, 6.45) is 4.67. The van der Waals surface area contributed by atoms with E-state index in [0.29, 0.717) is 6.42 Å². The van der Waals surface area contributed by atoms with Gasteiger partial charge in [-0.25, -0.2) is 4.98 Å². The Balaban J connectivity index is 1.94. The average Bonchev–Trinajstić information content (AvgIpc) is 2.95. The van der Waals surface area contributed by atoms with Crippen molar-refractivity contribution in [2.75, 3.05) is 6.54 Å². The zero-order valence-corrected chi connectivity index (χ0v) is 14.1. The molecule has 2 rings (SSSR count). The van der Waals surface area contributed by atoms with Crippen LogP contribution < -0.4 is 11.1 Å². The molecule has 0 aliphatic carbocycles. The Labute approximate surface area is 138 Å². The second-order valence-corrected chi connectivity index (χ2v) is 6.38. The molecule has 5 heteroatoms. The van der Waals surface area contributed by atoms with Gasteiger partial charge in [0.1, 0.15) is 5.82 Å². The molecule has 1 aromatic heterocycles. The molecule has 5 nitrogen and oxygen atoms in total. The Kier molecular flexibility index (Phi) is 6.59. The molecule has 1 heterocycles. The van der Waals surface area contributed by atoms with E-state index in [1.807, 2.05) is 24.3 Å². The summed E-state index contributed by atoms with van der Waals surface area (Å²) in [4.78, 5) is 20.2. The number of hydrogen-bond donors (Lipinski definition) is 3. The van der Waals surface area contributed by atoms with Gasteiger partial charge in [0.2, 0.25) is 5.91 Å². The number of fused-ring (bicyclic) bond motifs is 1. The lowest BCUT2D eigenvalue weighted by molar-refractivity contribution is -0.122. The van der Waals surface area contributed by atoms with E-state index in [1.165, 1.54) is 0 Å². The van der Waals surface area contributed by atoms with Crippen molar-refractivity contribution in [2.45, 2.75) is 52.0 Å². The van der Waals surface area contributed by atoms with E-state index in [4.69, 9.17) is 5.73 Å². The SMILES string of the molecule is CC(C)C(NC(=O)CCCCCCN)c1nc2ccccc2[nH]1. The molecule has 0 fully saturated rings. The molecule has 0 saturated heterocycles. The lowest BCUT2D eigenvalue weighted by atomic mass is 10.0. The van der Waals surface area contributed by atoms with E-state index < -0.39 is 0 Å². The monoisotopic (exact) mass is 316 g/mol. The van der Waals surface area contributed by atoms with E-state index in [1.54, 1.807) is 0 Å². The third kappa shape index (κ3) is 5.06. The molecular formula is C18H28N4O. The van der Waals surface area contributed by atoms with Gasteiger partial charge in [-0.3, -0.25) is 4.79 Å². The molecule has 0 spiro atoms. The van der Waals surface area contributed by atoms with E-state index >= 15 is 0 Å². The number of aromatic amines is 1. The Bertz CT molecular complexity index is 587. The summed E-state index contributed by atoms with van der Waals surface area (Å²) in [5.41, 5.74) is 7.41. The van der Waals surface area contributed by atoms with Crippen LogP contribution in [0.1, 0.15) is 57.8 Å². The van der Waals surface area contributed by atoms with Crippen LogP contribution in [0.15, 0.2) is 24.3 Å². The summed E-state index contributed by atoms with van der Waals surface area (Å²) in [7, 11) is 0. The Morgan fingerprint density at radius 1 is 1.22 bits per heavy atom. The van der Waals surface area contributed by atoms with Crippen LogP contribution in [0, 0.1) is 5.92 Å². The summed E-state index contributed by atoms with van der Waals surface area (Å²) in [6.45, 7) is 4.92. The molecular weight excluding hydrogens is 288 g/mol. The van der Waals surface area contributed by atoms with Crippen LogP contribution in [0.5, 0.6) is 0 Å². The minimum Gasteiger partial charge on any atom is -0.346 e. The molecule has 0 bridgehead atoms. The fourth-order valence-electron chi connectivity index (χ4n) is 2.70. The molecule has 126 valence electrons. The van der Waals surface area contributed by atoms with Crippen LogP contribution in [0.3, 0.4) is 0 Å². The van der Waals surface area contributed by atoms with Gasteiger partial charge in [0.15, 0.2) is 0 Å². The first kappa shape index (κ1) is 17.5. The molecule has 4 N–H and O–H groups in total. The van der Waals surface area contributed by atoms with Gasteiger partial charge in [0.05, 0.1) is 17.1 Å². The van der Waals surface area contributed by atoms with E-state index in [9.17, 15) is 4.79 Å². The van der Waals surface area contributed by atoms with E-state index in [-0.39, 0.29) is 17.9 Å². The molecule has 23 heavy (non-hydrogen) atoms. The predicted octanol–water partition coefficient (Wildman–Crippen LogP) is 3.29. The van der Waals surface area contributed by atoms with Crippen LogP contribution in [-0.4, -0.2) is 22.4 Å². The highest BCUT2D eigenvalue weighted by Crippen LogP contribution is 2.22. The third-order valence-corrected chi connectivity index (χ3v) is 4.04. The normalized spacial score (nSPS) is 12.7. The van der Waals surface area contributed by atoms with Crippen molar-refractivity contribution in [3.8, 4) is 0 Å². The van der Waals surface area contributed by atoms with Gasteiger partial charge in [-0.15, -0.1) is 0 Å². The highest BCUT2D eigenvalue weighted by atomic mass is 16.1. The first-order chi connectivity index (χ1) is 11.1. The van der Waals surface area contributed by atoms with Gasteiger partial charge in [-0.2, -0.15) is 0 Å². The van der Waals surface area contributed by atoms with Crippen molar-refractivity contribution in [2.24, 2.45) is 11.7 Å². The van der Waals surface area contributed by atoms with E-state index in [2.05, 4.69) is 29.1 Å². The molecule has 1 unspecified atom stereocenters. The Hall–Kier alpha value is -1.88. The van der Waals surface area contributed by atoms with Crippen LogP contribution in [0.4, 0.5) is 0 Å². The number of carbonyl (C=O) groups excluding carboxylic acids is 1. The van der Waals surface area contributed by atoms with Crippen LogP contribution in [-0.2, 0) is 4.79 Å². The number of carbonyl (C=O) groups is 1. The van der Waals surface area contributed by atoms with Gasteiger partial charge >= 0.3 is 0 Å². The van der Waals surface area contributed by atoms with Crippen molar-refractivity contribution in [3.05, 3.63) is 30.1 Å². The maximum absolute atomic E-state index is 12.2. The number of imidazole rings is 1. The van der Waals surface area contributed by atoms with Crippen molar-refractivity contribution in [3.63, 3.8) is 0 Å². The standard InChI is InChI=1S/C18H28N4O/c1-13(2)17(22-16(23)11-5-3-4-8-12-19)18-20-14-9-6-7-10-15(14)21-18/h6-7,9-10,13,17H,3-5,8,11-12,19H2,1-2H3,(H,20,21)(H,22,23). The quantitative estimate of drug-likeness (QED) is 0.621. The zero-order valence-electron chi connectivity index (χ0n) is 14.1. The second kappa shape index (κ2) is 8.67. The molecule has 2 aromatic rings. The Morgan fingerprint density at radius 2 is 1.96 bits per heavy atom. The first-order valence-electron chi connectivity index (χ1n) is 8.56. The summed E-state index contributed by atoms with van der Waals surface area (Å²) in [6, 6.07) is 7.85. The fourth-order valence-corrected chi connectivity index (χ4v) is 2.70. The van der Waals surface area contributed by atoms with Gasteiger partial charge < -0.3 is 16.0 Å². The number of benzene rings is 1. The van der Waals surface area contributed by atoms with Crippen molar-refractivity contribution in [1.29, 1.82) is 0 Å². The lowest BCUT2D eigenvalue weighted by Crippen LogP contribution is -2.32. The average molecular weight is 316 g/mol. The Morgan fingerprint density at radius 3 is 2.65 bits per heavy atom. The summed E-state index contributed by atoms with van der Waals surface area (Å²) >= 11 is 0. The minimum absolute atomic E-state index is 0.0843. The topological polar surface area (TPSA) is 83.8 Å². The number of unbranched alkanes of at least 4 members (excludes halogenated alkanes) is 3. The molecule has 1 atom stereocenters. The smallest absolute Gasteiger partial charge is 0.220 e. The molecule has 1 aromatic carbocycles. The molecule has 1 amide bonds. The summed E-state index contributed by atoms with van der Waals surface area (Å²) < 4.78 is 0. The lowest BCUT2D eigenvalue weighted by Gasteiger charge is -2.20. The number of nitrogens with one attached hydrogen (secondary N) is 2. The zero-order chi connectivity index (χ0) is 16.7. The number of H-pyrrole nitrogens is 1. The third-order valence-electron chi connectivity index (χ3n) is 4.04. The number of nitrogens with zero attached hydrogens (tertiary/aromatic N) is 1. The van der Waals surface area contributed by atoms with Crippen molar-refractivity contribution >= 4 is 16.9 Å². The van der Waals surface area contributed by atoms with Gasteiger partial charge in [0, 0.05) is 6.42 Å². The van der Waals surface area contributed by atoms with Crippen LogP contribution in [0.2, 0.25) is 0 Å².